The van der Waals surface area contributed by atoms with Crippen LogP contribution in [0.5, 0.6) is 0 Å². The van der Waals surface area contributed by atoms with Crippen LogP contribution in [0.15, 0.2) is 0 Å². The van der Waals surface area contributed by atoms with E-state index >= 15 is 0 Å². The average molecular weight is 733 g/mol. The Kier molecular flexibility index (Phi) is 83.1. The summed E-state index contributed by atoms with van der Waals surface area (Å²) >= 11 is 9.73. The molecule has 0 unspecified atom stereocenters. The van der Waals surface area contributed by atoms with Crippen LogP contribution in [-0.4, -0.2) is 38.5 Å². The molecule has 0 aromatic heterocycles. The van der Waals surface area contributed by atoms with Gasteiger partial charge >= 0.3 is 0 Å². The van der Waals surface area contributed by atoms with Crippen molar-refractivity contribution in [3.63, 3.8) is 0 Å². The van der Waals surface area contributed by atoms with Gasteiger partial charge in [-0.2, -0.15) is 5.26 Å². The topological polar surface area (TPSA) is 33.0 Å². The van der Waals surface area contributed by atoms with Gasteiger partial charge in [-0.25, -0.2) is 0 Å². The molecule has 2 nitrogen and oxygen atoms in total. The van der Waals surface area contributed by atoms with Gasteiger partial charge in [0.1, 0.15) is 0 Å². The Morgan fingerprint density at radius 3 is 0.865 bits per heavy atom. The molecule has 6 heteroatoms. The SMILES string of the molecule is C.CBr.CC#N.CC1CC1.CC1CCC1.CC1CCCC1.CC1CCCCC1.CCl.CF.CI.COC. The second-order valence-corrected chi connectivity index (χ2v) is 9.48. The molecule has 0 saturated heterocycles. The van der Waals surface area contributed by atoms with Crippen molar-refractivity contribution in [2.75, 3.05) is 38.5 Å². The van der Waals surface area contributed by atoms with Gasteiger partial charge in [0.05, 0.1) is 13.2 Å². The van der Waals surface area contributed by atoms with Crippen LogP contribution in [0, 0.1) is 35.0 Å². The van der Waals surface area contributed by atoms with Crippen LogP contribution < -0.4 is 0 Å². The van der Waals surface area contributed by atoms with Crippen LogP contribution in [0.1, 0.15) is 132 Å². The van der Waals surface area contributed by atoms with Crippen LogP contribution in [0.4, 0.5) is 4.39 Å². The third-order valence-electron chi connectivity index (χ3n) is 5.80. The van der Waals surface area contributed by atoms with Crippen molar-refractivity contribution in [1.82, 2.24) is 0 Å². The zero-order valence-electron chi connectivity index (χ0n) is 26.1. The van der Waals surface area contributed by atoms with E-state index in [0.717, 1.165) is 23.7 Å². The lowest BCUT2D eigenvalue weighted by atomic mass is 9.88. The summed E-state index contributed by atoms with van der Waals surface area (Å²) in [6, 6.07) is 1.75. The first kappa shape index (κ1) is 54.0. The first-order valence-electron chi connectivity index (χ1n) is 13.6. The molecule has 0 bridgehead atoms. The van der Waals surface area contributed by atoms with Gasteiger partial charge in [-0.15, -0.1) is 11.6 Å². The molecule has 4 fully saturated rings. The third-order valence-corrected chi connectivity index (χ3v) is 5.80. The number of hydrogen-bond acceptors (Lipinski definition) is 2. The van der Waals surface area contributed by atoms with Crippen molar-refractivity contribution >= 4 is 50.1 Å². The number of alkyl halides is 4. The summed E-state index contributed by atoms with van der Waals surface area (Å²) in [7, 11) is 3.75. The lowest BCUT2D eigenvalue weighted by Crippen LogP contribution is -2.04. The number of hydrogen-bond donors (Lipinski definition) is 0. The number of nitrogens with zero attached hydrogens (tertiary/aromatic N) is 1. The molecule has 4 saturated carbocycles. The van der Waals surface area contributed by atoms with E-state index in [-0.39, 0.29) is 7.43 Å². The molecule has 0 aromatic rings. The summed E-state index contributed by atoms with van der Waals surface area (Å²) in [5.41, 5.74) is 0. The number of rotatable bonds is 0. The van der Waals surface area contributed by atoms with Crippen molar-refractivity contribution in [3.05, 3.63) is 0 Å². The minimum absolute atomic E-state index is 0. The standard InChI is InChI=1S/C7H14.C6H12.C5H10.C4H8.C2H3N.C2H6O.CH3Br.CH3Cl.CH3F.CH3I.CH4/c1-7-5-3-2-4-6-7;1-6-4-2-3-5-6;1-5-3-2-4-5;1-4-2-3-4;1-2-3;1-3-2;4*1-2;/h7H,2-6H2,1H3;6H,2-5H2,1H3;5H,2-4H2,1H3;4H,2-3H2,1H3;1H3;1-2H3;4*1H3;1H4. The number of methoxy groups -OCH3 is 1. The van der Waals surface area contributed by atoms with E-state index in [1.165, 1.54) is 103 Å². The van der Waals surface area contributed by atoms with Gasteiger partial charge in [0.15, 0.2) is 0 Å². The van der Waals surface area contributed by atoms with E-state index in [0.29, 0.717) is 7.18 Å². The molecule has 4 aliphatic carbocycles. The van der Waals surface area contributed by atoms with Gasteiger partial charge in [0, 0.05) is 27.5 Å². The maximum atomic E-state index is 9.50. The third kappa shape index (κ3) is 72.5. The highest BCUT2D eigenvalue weighted by Gasteiger charge is 2.12. The van der Waals surface area contributed by atoms with Gasteiger partial charge in [-0.3, -0.25) is 4.39 Å². The zero-order valence-corrected chi connectivity index (χ0v) is 30.6. The summed E-state index contributed by atoms with van der Waals surface area (Å²) in [6.07, 6.45) is 22.3. The van der Waals surface area contributed by atoms with E-state index < -0.39 is 0 Å². The Labute approximate surface area is 263 Å². The van der Waals surface area contributed by atoms with E-state index in [9.17, 15) is 4.39 Å². The average Bonchev–Trinajstić information content (AvgIpc) is 3.54. The molecule has 0 heterocycles. The van der Waals surface area contributed by atoms with Crippen LogP contribution in [0.2, 0.25) is 0 Å². The molecular formula is C31H69BrClFINO. The summed E-state index contributed by atoms with van der Waals surface area (Å²) < 4.78 is 13.8. The molecule has 0 spiro atoms. The summed E-state index contributed by atoms with van der Waals surface area (Å²) in [5, 5.41) is 7.32. The van der Waals surface area contributed by atoms with Crippen molar-refractivity contribution < 1.29 is 9.13 Å². The summed E-state index contributed by atoms with van der Waals surface area (Å²) in [5.74, 6) is 6.04. The second kappa shape index (κ2) is 56.9. The highest BCUT2D eigenvalue weighted by molar-refractivity contribution is 14.1. The fourth-order valence-corrected chi connectivity index (χ4v) is 3.22. The number of ether oxygens (including phenoxy) is 1. The van der Waals surface area contributed by atoms with E-state index in [4.69, 9.17) is 5.26 Å². The molecule has 37 heavy (non-hydrogen) atoms. The first-order valence-corrected chi connectivity index (χ1v) is 18.1. The Bertz CT molecular complexity index is 343. The monoisotopic (exact) mass is 731 g/mol. The predicted molar refractivity (Wildman–Crippen MR) is 186 cm³/mol. The van der Waals surface area contributed by atoms with Gasteiger partial charge < -0.3 is 4.74 Å². The summed E-state index contributed by atoms with van der Waals surface area (Å²) in [6.45, 7) is 10.7. The zero-order chi connectivity index (χ0) is 29.6. The largest absolute Gasteiger partial charge is 0.388 e. The first-order chi connectivity index (χ1) is 17.4. The molecule has 0 amide bonds. The van der Waals surface area contributed by atoms with Crippen molar-refractivity contribution in [2.45, 2.75) is 132 Å². The van der Waals surface area contributed by atoms with Crippen LogP contribution >= 0.6 is 50.1 Å². The molecule has 0 N–H and O–H groups in total. The maximum Gasteiger partial charge on any atom is 0.0785 e. The molecule has 4 aliphatic rings. The Balaban J connectivity index is -0.0000000562. The van der Waals surface area contributed by atoms with Crippen molar-refractivity contribution in [3.8, 4) is 6.07 Å². The fourth-order valence-electron chi connectivity index (χ4n) is 3.22. The van der Waals surface area contributed by atoms with E-state index in [1.54, 1.807) is 20.3 Å². The molecule has 0 aromatic carbocycles. The highest BCUT2D eigenvalue weighted by Crippen LogP contribution is 2.26. The number of halogens is 4. The molecule has 0 radical (unpaired) electrons. The number of nitriles is 1. The second-order valence-electron chi connectivity index (χ2n) is 9.48. The van der Waals surface area contributed by atoms with Gasteiger partial charge in [0.25, 0.3) is 0 Å². The van der Waals surface area contributed by atoms with E-state index in [1.807, 2.05) is 10.8 Å². The van der Waals surface area contributed by atoms with Gasteiger partial charge in [-0.1, -0.05) is 164 Å². The van der Waals surface area contributed by atoms with Crippen LogP contribution in [-0.2, 0) is 4.74 Å². The van der Waals surface area contributed by atoms with Gasteiger partial charge in [-0.05, 0) is 34.4 Å². The lowest BCUT2D eigenvalue weighted by Gasteiger charge is -2.18. The highest BCUT2D eigenvalue weighted by atomic mass is 127. The molecular weight excluding hydrogens is 664 g/mol. The minimum Gasteiger partial charge on any atom is -0.388 e. The smallest absolute Gasteiger partial charge is 0.0785 e. The van der Waals surface area contributed by atoms with E-state index in [2.05, 4.69) is 82.6 Å². The Hall–Kier alpha value is 0.880. The van der Waals surface area contributed by atoms with Gasteiger partial charge in [0.2, 0.25) is 0 Å². The minimum atomic E-state index is 0. The van der Waals surface area contributed by atoms with Crippen LogP contribution in [0.25, 0.3) is 0 Å². The van der Waals surface area contributed by atoms with Crippen molar-refractivity contribution in [1.29, 1.82) is 5.26 Å². The quantitative estimate of drug-likeness (QED) is 0.183. The normalized spacial score (nSPS) is 16.6. The molecule has 0 atom stereocenters. The van der Waals surface area contributed by atoms with Crippen LogP contribution in [0.3, 0.4) is 0 Å². The predicted octanol–water partition coefficient (Wildman–Crippen LogP) is 12.9. The fraction of sp³-hybridized carbons (Fsp3) is 0.968. The molecule has 4 rings (SSSR count). The Morgan fingerprint density at radius 2 is 0.811 bits per heavy atom. The summed E-state index contributed by atoms with van der Waals surface area (Å²) in [4.78, 5) is 1.97. The maximum absolute atomic E-state index is 9.50. The molecule has 232 valence electrons. The Morgan fingerprint density at radius 1 is 0.649 bits per heavy atom. The van der Waals surface area contributed by atoms with Crippen molar-refractivity contribution in [2.24, 2.45) is 23.7 Å². The molecule has 0 aliphatic heterocycles. The lowest BCUT2D eigenvalue weighted by molar-refractivity contribution is 0.277.